The van der Waals surface area contributed by atoms with E-state index in [1.165, 1.54) is 4.57 Å². The van der Waals surface area contributed by atoms with Crippen molar-refractivity contribution in [3.05, 3.63) is 34.3 Å². The number of nitrogens with zero attached hydrogens (tertiary/aromatic N) is 3. The lowest BCUT2D eigenvalue weighted by molar-refractivity contribution is -0.134. The third-order valence-electron chi connectivity index (χ3n) is 4.63. The molecule has 0 spiro atoms. The van der Waals surface area contributed by atoms with Gasteiger partial charge in [-0.15, -0.1) is 0 Å². The van der Waals surface area contributed by atoms with Crippen LogP contribution in [-0.2, 0) is 11.8 Å². The predicted octanol–water partition coefficient (Wildman–Crippen LogP) is 1.46. The van der Waals surface area contributed by atoms with Crippen LogP contribution in [0.1, 0.15) is 30.6 Å². The van der Waals surface area contributed by atoms with E-state index >= 15 is 0 Å². The fourth-order valence-electron chi connectivity index (χ4n) is 3.15. The minimum atomic E-state index is -0.447. The number of oxazole rings is 1. The Hall–Kier alpha value is -2.57. The Labute approximate surface area is 145 Å². The van der Waals surface area contributed by atoms with Gasteiger partial charge < -0.3 is 14.2 Å². The topological polar surface area (TPSA) is 75.8 Å². The van der Waals surface area contributed by atoms with E-state index in [-0.39, 0.29) is 17.7 Å². The molecule has 1 aliphatic heterocycles. The average Bonchev–Trinajstić information content (AvgIpc) is 2.78. The minimum absolute atomic E-state index is 0.0352. The summed E-state index contributed by atoms with van der Waals surface area (Å²) in [6, 6.07) is 5.01. The molecule has 0 bridgehead atoms. The summed E-state index contributed by atoms with van der Waals surface area (Å²) >= 11 is 0. The third-order valence-corrected chi connectivity index (χ3v) is 4.63. The molecular formula is C18H23N3O4. The number of aryl methyl sites for hydroxylation is 1. The van der Waals surface area contributed by atoms with Gasteiger partial charge in [0.15, 0.2) is 5.58 Å². The smallest absolute Gasteiger partial charge is 0.408 e. The Balaban J connectivity index is 1.78. The van der Waals surface area contributed by atoms with Crippen molar-refractivity contribution in [1.29, 1.82) is 0 Å². The zero-order valence-corrected chi connectivity index (χ0v) is 14.8. The molecule has 1 aliphatic rings. The van der Waals surface area contributed by atoms with E-state index in [0.29, 0.717) is 42.8 Å². The van der Waals surface area contributed by atoms with E-state index in [1.807, 2.05) is 18.7 Å². The molecule has 134 valence electrons. The van der Waals surface area contributed by atoms with Gasteiger partial charge in [0, 0.05) is 44.7 Å². The predicted molar refractivity (Wildman–Crippen MR) is 93.4 cm³/mol. The highest BCUT2D eigenvalue weighted by Crippen LogP contribution is 2.17. The highest BCUT2D eigenvalue weighted by Gasteiger charge is 2.24. The van der Waals surface area contributed by atoms with E-state index in [9.17, 15) is 14.4 Å². The summed E-state index contributed by atoms with van der Waals surface area (Å²) < 4.78 is 6.49. The first-order chi connectivity index (χ1) is 11.9. The van der Waals surface area contributed by atoms with Crippen LogP contribution < -0.4 is 5.76 Å². The van der Waals surface area contributed by atoms with Crippen molar-refractivity contribution in [1.82, 2.24) is 14.4 Å². The van der Waals surface area contributed by atoms with Crippen molar-refractivity contribution in [2.45, 2.75) is 20.3 Å². The zero-order valence-electron chi connectivity index (χ0n) is 14.8. The molecule has 2 amide bonds. The lowest BCUT2D eigenvalue weighted by atomic mass is 10.1. The standard InChI is InChI=1S/C18H23N3O4/c1-12(2)16(22)20-7-4-8-21(10-9-20)17(23)13-5-6-15-14(11-13)19(3)18(24)25-15/h5-6,11-12H,4,7-10H2,1-3H3. The summed E-state index contributed by atoms with van der Waals surface area (Å²) in [6.07, 6.45) is 0.761. The Morgan fingerprint density at radius 1 is 1.08 bits per heavy atom. The molecule has 0 radical (unpaired) electrons. The Kier molecular flexibility index (Phi) is 4.65. The van der Waals surface area contributed by atoms with Crippen molar-refractivity contribution in [3.63, 3.8) is 0 Å². The van der Waals surface area contributed by atoms with Crippen LogP contribution in [-0.4, -0.2) is 52.4 Å². The van der Waals surface area contributed by atoms with Gasteiger partial charge >= 0.3 is 5.76 Å². The van der Waals surface area contributed by atoms with Gasteiger partial charge in [-0.05, 0) is 24.6 Å². The summed E-state index contributed by atoms with van der Waals surface area (Å²) in [5.74, 6) is -0.442. The molecule has 0 unspecified atom stereocenters. The number of carbonyl (C=O) groups is 2. The number of carbonyl (C=O) groups excluding carboxylic acids is 2. The van der Waals surface area contributed by atoms with Gasteiger partial charge in [0.25, 0.3) is 5.91 Å². The number of hydrogen-bond donors (Lipinski definition) is 0. The fourth-order valence-corrected chi connectivity index (χ4v) is 3.15. The number of benzene rings is 1. The molecule has 0 saturated carbocycles. The molecule has 1 aromatic heterocycles. The second-order valence-corrected chi connectivity index (χ2v) is 6.74. The first kappa shape index (κ1) is 17.3. The van der Waals surface area contributed by atoms with Crippen molar-refractivity contribution in [2.75, 3.05) is 26.2 Å². The number of amides is 2. The Morgan fingerprint density at radius 3 is 2.48 bits per heavy atom. The first-order valence-electron chi connectivity index (χ1n) is 8.56. The van der Waals surface area contributed by atoms with Crippen LogP contribution in [0.25, 0.3) is 11.1 Å². The lowest BCUT2D eigenvalue weighted by Gasteiger charge is -2.23. The van der Waals surface area contributed by atoms with Gasteiger partial charge in [0.2, 0.25) is 5.91 Å². The summed E-state index contributed by atoms with van der Waals surface area (Å²) in [7, 11) is 1.61. The molecule has 1 saturated heterocycles. The van der Waals surface area contributed by atoms with Gasteiger partial charge in [-0.1, -0.05) is 13.8 Å². The van der Waals surface area contributed by atoms with Crippen LogP contribution in [0.15, 0.2) is 27.4 Å². The first-order valence-corrected chi connectivity index (χ1v) is 8.56. The third kappa shape index (κ3) is 3.31. The average molecular weight is 345 g/mol. The molecule has 1 fully saturated rings. The Morgan fingerprint density at radius 2 is 1.76 bits per heavy atom. The van der Waals surface area contributed by atoms with E-state index in [1.54, 1.807) is 30.1 Å². The molecule has 0 atom stereocenters. The molecular weight excluding hydrogens is 322 g/mol. The minimum Gasteiger partial charge on any atom is -0.408 e. The van der Waals surface area contributed by atoms with E-state index in [4.69, 9.17) is 4.42 Å². The van der Waals surface area contributed by atoms with Gasteiger partial charge in [-0.3, -0.25) is 14.2 Å². The molecule has 7 heteroatoms. The Bertz CT molecular complexity index is 865. The van der Waals surface area contributed by atoms with Crippen molar-refractivity contribution in [3.8, 4) is 0 Å². The van der Waals surface area contributed by atoms with Crippen LogP contribution in [0.5, 0.6) is 0 Å². The summed E-state index contributed by atoms with van der Waals surface area (Å²) in [5.41, 5.74) is 1.59. The van der Waals surface area contributed by atoms with E-state index < -0.39 is 5.76 Å². The van der Waals surface area contributed by atoms with Crippen molar-refractivity contribution < 1.29 is 14.0 Å². The fraction of sp³-hybridized carbons (Fsp3) is 0.500. The number of hydrogen-bond acceptors (Lipinski definition) is 4. The van der Waals surface area contributed by atoms with E-state index in [2.05, 4.69) is 0 Å². The molecule has 0 N–H and O–H groups in total. The molecule has 2 heterocycles. The lowest BCUT2D eigenvalue weighted by Crippen LogP contribution is -2.38. The van der Waals surface area contributed by atoms with Crippen LogP contribution in [0.2, 0.25) is 0 Å². The van der Waals surface area contributed by atoms with Gasteiger partial charge in [-0.25, -0.2) is 4.79 Å². The summed E-state index contributed by atoms with van der Waals surface area (Å²) in [5, 5.41) is 0. The molecule has 2 aromatic rings. The maximum atomic E-state index is 12.8. The molecule has 0 aliphatic carbocycles. The maximum Gasteiger partial charge on any atom is 0.419 e. The second kappa shape index (κ2) is 6.74. The normalized spacial score (nSPS) is 15.7. The monoisotopic (exact) mass is 345 g/mol. The van der Waals surface area contributed by atoms with Crippen LogP contribution in [0, 0.1) is 5.92 Å². The molecule has 7 nitrogen and oxygen atoms in total. The van der Waals surface area contributed by atoms with Gasteiger partial charge in [-0.2, -0.15) is 0 Å². The highest BCUT2D eigenvalue weighted by molar-refractivity contribution is 5.97. The van der Waals surface area contributed by atoms with Crippen molar-refractivity contribution >= 4 is 22.9 Å². The summed E-state index contributed by atoms with van der Waals surface area (Å²) in [4.78, 5) is 40.2. The molecule has 3 rings (SSSR count). The van der Waals surface area contributed by atoms with Crippen molar-refractivity contribution in [2.24, 2.45) is 13.0 Å². The van der Waals surface area contributed by atoms with Crippen LogP contribution >= 0.6 is 0 Å². The quantitative estimate of drug-likeness (QED) is 0.826. The largest absolute Gasteiger partial charge is 0.419 e. The van der Waals surface area contributed by atoms with Crippen LogP contribution in [0.4, 0.5) is 0 Å². The highest BCUT2D eigenvalue weighted by atomic mass is 16.4. The number of rotatable bonds is 2. The van der Waals surface area contributed by atoms with Gasteiger partial charge in [0.05, 0.1) is 5.52 Å². The second-order valence-electron chi connectivity index (χ2n) is 6.74. The van der Waals surface area contributed by atoms with Crippen LogP contribution in [0.3, 0.4) is 0 Å². The molecule has 1 aromatic carbocycles. The maximum absolute atomic E-state index is 12.8. The van der Waals surface area contributed by atoms with E-state index in [0.717, 1.165) is 6.42 Å². The number of fused-ring (bicyclic) bond motifs is 1. The number of aromatic nitrogens is 1. The summed E-state index contributed by atoms with van der Waals surface area (Å²) in [6.45, 7) is 6.13. The SMILES string of the molecule is CC(C)C(=O)N1CCCN(C(=O)c2ccc3oc(=O)n(C)c3c2)CC1. The molecule has 25 heavy (non-hydrogen) atoms. The zero-order chi connectivity index (χ0) is 18.1. The van der Waals surface area contributed by atoms with Gasteiger partial charge in [0.1, 0.15) is 0 Å².